The van der Waals surface area contributed by atoms with Crippen molar-refractivity contribution in [1.29, 1.82) is 0 Å². The van der Waals surface area contributed by atoms with E-state index in [0.29, 0.717) is 0 Å². The van der Waals surface area contributed by atoms with E-state index in [9.17, 15) is 0 Å². The number of hydrogen-bond donors (Lipinski definition) is 0. The van der Waals surface area contributed by atoms with Gasteiger partial charge in [-0.3, -0.25) is 0 Å². The topological polar surface area (TPSA) is 0 Å². The smallest absolute Gasteiger partial charge is 0 e. The fourth-order valence-corrected chi connectivity index (χ4v) is 0. The normalized spacial score (nSPS) is 0. The van der Waals surface area contributed by atoms with E-state index in [2.05, 4.69) is 0 Å². The second kappa shape index (κ2) is 18.1. The molecule has 0 N–H and O–H groups in total. The van der Waals surface area contributed by atoms with Gasteiger partial charge in [0.15, 0.2) is 0 Å². The van der Waals surface area contributed by atoms with Gasteiger partial charge >= 0.3 is 0 Å². The van der Waals surface area contributed by atoms with E-state index in [-0.39, 0.29) is 76.7 Å². The molecular weight excluding hydrogens is 325 g/mol. The molecule has 0 spiro atoms. The largest absolute Gasteiger partial charge is 0 e. The van der Waals surface area contributed by atoms with Crippen molar-refractivity contribution in [2.75, 3.05) is 0 Å². The molecule has 4 heavy (non-hydrogen) atoms. The fourth-order valence-electron chi connectivity index (χ4n) is 0. The summed E-state index contributed by atoms with van der Waals surface area (Å²) < 4.78 is 0. The van der Waals surface area contributed by atoms with Crippen LogP contribution in [0.3, 0.4) is 0 Å². The van der Waals surface area contributed by atoms with E-state index in [4.69, 9.17) is 0 Å². The van der Waals surface area contributed by atoms with Gasteiger partial charge in [-0.25, -0.2) is 0 Å². The van der Waals surface area contributed by atoms with Crippen LogP contribution >= 0.6 is 0 Å². The van der Waals surface area contributed by atoms with Crippen LogP contribution in [0.25, 0.3) is 0 Å². The van der Waals surface area contributed by atoms with Gasteiger partial charge in [0.25, 0.3) is 0 Å². The molecule has 0 aromatic carbocycles. The van der Waals surface area contributed by atoms with E-state index in [0.717, 1.165) is 0 Å². The average Bonchev–Trinajstić information content (AvgIpc) is 0. The van der Waals surface area contributed by atoms with Gasteiger partial charge in [-0.15, -0.1) is 0 Å². The summed E-state index contributed by atoms with van der Waals surface area (Å²) in [6.07, 6.45) is 0. The van der Waals surface area contributed by atoms with Crippen LogP contribution in [-0.4, -0.2) is 0 Å². The van der Waals surface area contributed by atoms with Gasteiger partial charge in [-0.1, -0.05) is 0 Å². The molecule has 0 bridgehead atoms. The molecule has 0 rings (SSSR count). The molecular formula is AgCrNiPd. The predicted octanol–water partition coefficient (Wildman–Crippen LogP) is -0.0100. The molecule has 0 aliphatic carbocycles. The van der Waals surface area contributed by atoms with Crippen molar-refractivity contribution in [2.45, 2.75) is 0 Å². The van der Waals surface area contributed by atoms with Crippen molar-refractivity contribution < 1.29 is 76.7 Å². The molecule has 37 valence electrons. The molecule has 0 saturated carbocycles. The zero-order valence-corrected chi connectivity index (χ0v) is 6.64. The Morgan fingerprint density at radius 3 is 1.00 bits per heavy atom. The van der Waals surface area contributed by atoms with Gasteiger partial charge < -0.3 is 0 Å². The Hall–Kier alpha value is 2.43. The van der Waals surface area contributed by atoms with Crippen molar-refractivity contribution in [2.24, 2.45) is 0 Å². The van der Waals surface area contributed by atoms with Gasteiger partial charge in [0.2, 0.25) is 0 Å². The molecule has 0 heterocycles. The van der Waals surface area contributed by atoms with Crippen molar-refractivity contribution in [1.82, 2.24) is 0 Å². The second-order valence-electron chi connectivity index (χ2n) is 0. The monoisotopic (exact) mass is 323 g/mol. The molecule has 4 heteroatoms. The van der Waals surface area contributed by atoms with Crippen LogP contribution in [0.5, 0.6) is 0 Å². The molecule has 0 unspecified atom stereocenters. The summed E-state index contributed by atoms with van der Waals surface area (Å²) >= 11 is 0. The molecule has 0 aromatic heterocycles. The van der Waals surface area contributed by atoms with Crippen molar-refractivity contribution in [3.05, 3.63) is 0 Å². The first-order chi connectivity index (χ1) is 0. The Balaban J connectivity index is 0. The predicted molar refractivity (Wildman–Crippen MR) is 0 cm³/mol. The summed E-state index contributed by atoms with van der Waals surface area (Å²) in [6, 6.07) is 0. The van der Waals surface area contributed by atoms with Crippen LogP contribution in [0, 0.1) is 0 Å². The molecule has 0 amide bonds. The number of hydrogen-bond acceptors (Lipinski definition) is 0. The van der Waals surface area contributed by atoms with Crippen LogP contribution in [0.2, 0.25) is 0 Å². The minimum absolute atomic E-state index is 0. The molecule has 0 aliphatic heterocycles. The molecule has 0 atom stereocenters. The summed E-state index contributed by atoms with van der Waals surface area (Å²) in [5, 5.41) is 0. The zero-order valence-electron chi connectivity index (χ0n) is 1.34. The molecule has 0 saturated heterocycles. The molecule has 0 nitrogen and oxygen atoms in total. The summed E-state index contributed by atoms with van der Waals surface area (Å²) in [5.74, 6) is 0. The first-order valence-electron chi connectivity index (χ1n) is 0. The van der Waals surface area contributed by atoms with E-state index in [1.807, 2.05) is 0 Å². The second-order valence-corrected chi connectivity index (χ2v) is 0. The van der Waals surface area contributed by atoms with Gasteiger partial charge in [-0.05, 0) is 0 Å². The Bertz CT molecular complexity index is 8.00. The summed E-state index contributed by atoms with van der Waals surface area (Å²) in [7, 11) is 0. The van der Waals surface area contributed by atoms with Crippen molar-refractivity contribution >= 4 is 0 Å². The summed E-state index contributed by atoms with van der Waals surface area (Å²) in [5.41, 5.74) is 0. The van der Waals surface area contributed by atoms with Crippen LogP contribution in [0.15, 0.2) is 0 Å². The maximum atomic E-state index is 0. The minimum Gasteiger partial charge on any atom is 0 e. The third-order valence-electron chi connectivity index (χ3n) is 0. The maximum Gasteiger partial charge on any atom is 0 e. The van der Waals surface area contributed by atoms with Crippen LogP contribution in [0.1, 0.15) is 0 Å². The average molecular weight is 325 g/mol. The quantitative estimate of drug-likeness (QED) is 0.550. The Kier molecular flexibility index (Phi) is 145. The van der Waals surface area contributed by atoms with Gasteiger partial charge in [-0.2, -0.15) is 0 Å². The SMILES string of the molecule is [Ag].[Cr].[Ni].[Pd]. The Morgan fingerprint density at radius 2 is 1.00 bits per heavy atom. The van der Waals surface area contributed by atoms with E-state index >= 15 is 0 Å². The van der Waals surface area contributed by atoms with E-state index in [1.165, 1.54) is 0 Å². The molecule has 0 aliphatic rings. The van der Waals surface area contributed by atoms with Gasteiger partial charge in [0.1, 0.15) is 0 Å². The Morgan fingerprint density at radius 1 is 1.00 bits per heavy atom. The van der Waals surface area contributed by atoms with Crippen LogP contribution in [-0.2, 0) is 76.7 Å². The Labute approximate surface area is 75.7 Å². The third kappa shape index (κ3) is 8.83. The first kappa shape index (κ1) is 32.1. The van der Waals surface area contributed by atoms with Crippen molar-refractivity contribution in [3.8, 4) is 0 Å². The van der Waals surface area contributed by atoms with Crippen LogP contribution < -0.4 is 0 Å². The van der Waals surface area contributed by atoms with Gasteiger partial charge in [0.05, 0.1) is 0 Å². The summed E-state index contributed by atoms with van der Waals surface area (Å²) in [4.78, 5) is 0. The van der Waals surface area contributed by atoms with Crippen molar-refractivity contribution in [3.63, 3.8) is 0 Å². The van der Waals surface area contributed by atoms with Gasteiger partial charge in [0, 0.05) is 76.7 Å². The fraction of sp³-hybridized carbons (Fsp3) is 0. The first-order valence-corrected chi connectivity index (χ1v) is 0. The van der Waals surface area contributed by atoms with E-state index < -0.39 is 0 Å². The standard InChI is InChI=1S/Ag.Cr.Ni.Pd. The minimum atomic E-state index is 0. The summed E-state index contributed by atoms with van der Waals surface area (Å²) in [6.45, 7) is 0. The molecule has 0 aromatic rings. The van der Waals surface area contributed by atoms with Crippen LogP contribution in [0.4, 0.5) is 0 Å². The molecule has 0 fully saturated rings. The zero-order chi connectivity index (χ0) is 0. The third-order valence-corrected chi connectivity index (χ3v) is 0. The number of rotatable bonds is 0. The molecule has 1 radical (unpaired) electrons. The van der Waals surface area contributed by atoms with E-state index in [1.54, 1.807) is 0 Å². The maximum absolute atomic E-state index is 0.